The highest BCUT2D eigenvalue weighted by molar-refractivity contribution is 5.84. The number of carbonyl (C=O) groups is 1. The minimum atomic E-state index is -0.445. The number of nitro benzene ring substituents is 1. The van der Waals surface area contributed by atoms with Gasteiger partial charge in [-0.3, -0.25) is 14.9 Å². The number of likely N-dealkylation sites (N-methyl/N-ethyl adjacent to an activating group) is 1. The summed E-state index contributed by atoms with van der Waals surface area (Å²) < 4.78 is 0. The Balaban J connectivity index is 2.86. The van der Waals surface area contributed by atoms with Crippen molar-refractivity contribution in [1.82, 2.24) is 5.32 Å². The first-order valence-corrected chi connectivity index (χ1v) is 5.19. The Morgan fingerprint density at radius 3 is 2.59 bits per heavy atom. The maximum atomic E-state index is 11.3. The third-order valence-electron chi connectivity index (χ3n) is 2.43. The van der Waals surface area contributed by atoms with Crippen LogP contribution in [0.4, 0.5) is 11.4 Å². The van der Waals surface area contributed by atoms with Crippen LogP contribution >= 0.6 is 0 Å². The number of amides is 1. The van der Waals surface area contributed by atoms with E-state index < -0.39 is 4.92 Å². The maximum Gasteiger partial charge on any atom is 0.269 e. The van der Waals surface area contributed by atoms with E-state index in [1.54, 1.807) is 27.0 Å². The summed E-state index contributed by atoms with van der Waals surface area (Å²) in [5.41, 5.74) is 1.49. The van der Waals surface area contributed by atoms with Crippen molar-refractivity contribution in [2.24, 2.45) is 0 Å². The first-order chi connectivity index (χ1) is 7.95. The fourth-order valence-electron chi connectivity index (χ4n) is 1.44. The first kappa shape index (κ1) is 13.0. The van der Waals surface area contributed by atoms with Gasteiger partial charge in [0.15, 0.2) is 0 Å². The van der Waals surface area contributed by atoms with E-state index in [4.69, 9.17) is 0 Å². The summed E-state index contributed by atoms with van der Waals surface area (Å²) in [5, 5.41) is 16.1. The number of aryl methyl sites for hydroxylation is 1. The van der Waals surface area contributed by atoms with Gasteiger partial charge in [-0.1, -0.05) is 0 Å². The van der Waals surface area contributed by atoms with Crippen LogP contribution in [0.3, 0.4) is 0 Å². The van der Waals surface area contributed by atoms with E-state index in [9.17, 15) is 14.9 Å². The van der Waals surface area contributed by atoms with E-state index in [1.165, 1.54) is 12.1 Å². The highest BCUT2D eigenvalue weighted by Gasteiger charge is 2.13. The van der Waals surface area contributed by atoms with Crippen molar-refractivity contribution in [1.29, 1.82) is 0 Å². The summed E-state index contributed by atoms with van der Waals surface area (Å²) >= 11 is 0. The molecule has 0 radical (unpaired) electrons. The number of rotatable bonds is 4. The van der Waals surface area contributed by atoms with Gasteiger partial charge in [-0.05, 0) is 25.5 Å². The smallest absolute Gasteiger partial charge is 0.269 e. The molecule has 0 bridgehead atoms. The molecule has 0 heterocycles. The molecule has 1 aromatic rings. The average molecular weight is 237 g/mol. The van der Waals surface area contributed by atoms with E-state index in [-0.39, 0.29) is 17.6 Å². The molecule has 0 aromatic heterocycles. The standard InChI is InChI=1S/C11H15N3O3/c1-7-6-9(14(16)17)4-5-10(7)13-8(2)11(15)12-3/h4-6,8,13H,1-3H3,(H,12,15). The van der Waals surface area contributed by atoms with Crippen LogP contribution in [-0.4, -0.2) is 23.9 Å². The second-order valence-corrected chi connectivity index (χ2v) is 3.74. The van der Waals surface area contributed by atoms with Gasteiger partial charge in [0.2, 0.25) is 5.91 Å². The number of hydrogen-bond acceptors (Lipinski definition) is 4. The highest BCUT2D eigenvalue weighted by Crippen LogP contribution is 2.21. The molecule has 6 nitrogen and oxygen atoms in total. The van der Waals surface area contributed by atoms with Crippen LogP contribution in [-0.2, 0) is 4.79 Å². The second-order valence-electron chi connectivity index (χ2n) is 3.74. The van der Waals surface area contributed by atoms with Crippen molar-refractivity contribution in [3.63, 3.8) is 0 Å². The zero-order valence-corrected chi connectivity index (χ0v) is 9.98. The Morgan fingerprint density at radius 2 is 2.12 bits per heavy atom. The van der Waals surface area contributed by atoms with Crippen LogP contribution in [0.25, 0.3) is 0 Å². The number of hydrogen-bond donors (Lipinski definition) is 2. The molecule has 0 fully saturated rings. The highest BCUT2D eigenvalue weighted by atomic mass is 16.6. The second kappa shape index (κ2) is 5.29. The lowest BCUT2D eigenvalue weighted by molar-refractivity contribution is -0.384. The van der Waals surface area contributed by atoms with Crippen molar-refractivity contribution in [3.05, 3.63) is 33.9 Å². The number of nitrogens with zero attached hydrogens (tertiary/aromatic N) is 1. The summed E-state index contributed by atoms with van der Waals surface area (Å²) in [6.45, 7) is 3.48. The summed E-state index contributed by atoms with van der Waals surface area (Å²) in [6, 6.07) is 4.10. The number of non-ortho nitro benzene ring substituents is 1. The Kier molecular flexibility index (Phi) is 4.03. The summed E-state index contributed by atoms with van der Waals surface area (Å²) in [6.07, 6.45) is 0. The molecular weight excluding hydrogens is 222 g/mol. The molecule has 0 saturated heterocycles. The third-order valence-corrected chi connectivity index (χ3v) is 2.43. The lowest BCUT2D eigenvalue weighted by Gasteiger charge is -2.15. The topological polar surface area (TPSA) is 84.3 Å². The van der Waals surface area contributed by atoms with Crippen LogP contribution in [0.2, 0.25) is 0 Å². The van der Waals surface area contributed by atoms with Gasteiger partial charge in [0.1, 0.15) is 6.04 Å². The van der Waals surface area contributed by atoms with Gasteiger partial charge >= 0.3 is 0 Å². The van der Waals surface area contributed by atoms with E-state index in [2.05, 4.69) is 10.6 Å². The van der Waals surface area contributed by atoms with Gasteiger partial charge in [0.25, 0.3) is 5.69 Å². The van der Waals surface area contributed by atoms with Crippen molar-refractivity contribution in [2.45, 2.75) is 19.9 Å². The van der Waals surface area contributed by atoms with Crippen molar-refractivity contribution in [2.75, 3.05) is 12.4 Å². The van der Waals surface area contributed by atoms with Crippen LogP contribution in [0, 0.1) is 17.0 Å². The maximum absolute atomic E-state index is 11.3. The van der Waals surface area contributed by atoms with Crippen LogP contribution in [0.1, 0.15) is 12.5 Å². The van der Waals surface area contributed by atoms with Crippen LogP contribution in [0.5, 0.6) is 0 Å². The number of carbonyl (C=O) groups excluding carboxylic acids is 1. The normalized spacial score (nSPS) is 11.7. The van der Waals surface area contributed by atoms with Crippen molar-refractivity contribution < 1.29 is 9.72 Å². The SMILES string of the molecule is CNC(=O)C(C)Nc1ccc([N+](=O)[O-])cc1C. The molecule has 2 N–H and O–H groups in total. The summed E-state index contributed by atoms with van der Waals surface area (Å²) in [4.78, 5) is 21.4. The Labute approximate surface area is 99.2 Å². The molecule has 92 valence electrons. The summed E-state index contributed by atoms with van der Waals surface area (Å²) in [7, 11) is 1.56. The lowest BCUT2D eigenvalue weighted by atomic mass is 10.1. The molecular formula is C11H15N3O3. The fraction of sp³-hybridized carbons (Fsp3) is 0.364. The molecule has 1 unspecified atom stereocenters. The Bertz CT molecular complexity index is 446. The van der Waals surface area contributed by atoms with Gasteiger partial charge in [-0.25, -0.2) is 0 Å². The molecule has 0 aliphatic carbocycles. The first-order valence-electron chi connectivity index (χ1n) is 5.19. The third kappa shape index (κ3) is 3.17. The largest absolute Gasteiger partial charge is 0.374 e. The van der Waals surface area contributed by atoms with Gasteiger partial charge < -0.3 is 10.6 Å². The van der Waals surface area contributed by atoms with Gasteiger partial charge in [0.05, 0.1) is 4.92 Å². The molecule has 1 rings (SSSR count). The lowest BCUT2D eigenvalue weighted by Crippen LogP contribution is -2.35. The Morgan fingerprint density at radius 1 is 1.47 bits per heavy atom. The molecule has 0 aliphatic heterocycles. The van der Waals surface area contributed by atoms with E-state index in [0.717, 1.165) is 5.56 Å². The molecule has 0 aliphatic rings. The van der Waals surface area contributed by atoms with Gasteiger partial charge in [-0.2, -0.15) is 0 Å². The molecule has 1 atom stereocenters. The van der Waals surface area contributed by atoms with Gasteiger partial charge in [-0.15, -0.1) is 0 Å². The predicted molar refractivity (Wildman–Crippen MR) is 65.0 cm³/mol. The molecule has 0 spiro atoms. The average Bonchev–Trinajstić information content (AvgIpc) is 2.30. The molecule has 17 heavy (non-hydrogen) atoms. The molecule has 1 amide bonds. The Hall–Kier alpha value is -2.11. The van der Waals surface area contributed by atoms with Crippen LogP contribution in [0.15, 0.2) is 18.2 Å². The fourth-order valence-corrected chi connectivity index (χ4v) is 1.44. The van der Waals surface area contributed by atoms with Gasteiger partial charge in [0, 0.05) is 24.9 Å². The number of nitro groups is 1. The van der Waals surface area contributed by atoms with Crippen LogP contribution < -0.4 is 10.6 Å². The predicted octanol–water partition coefficient (Wildman–Crippen LogP) is 1.45. The zero-order chi connectivity index (χ0) is 13.0. The van der Waals surface area contributed by atoms with E-state index >= 15 is 0 Å². The number of anilines is 1. The monoisotopic (exact) mass is 237 g/mol. The molecule has 6 heteroatoms. The minimum Gasteiger partial charge on any atom is -0.374 e. The minimum absolute atomic E-state index is 0.0423. The van der Waals surface area contributed by atoms with Crippen molar-refractivity contribution in [3.8, 4) is 0 Å². The number of benzene rings is 1. The molecule has 1 aromatic carbocycles. The zero-order valence-electron chi connectivity index (χ0n) is 9.98. The van der Waals surface area contributed by atoms with E-state index in [0.29, 0.717) is 5.69 Å². The summed E-state index contributed by atoms with van der Waals surface area (Å²) in [5.74, 6) is -0.136. The number of nitrogens with one attached hydrogen (secondary N) is 2. The quantitative estimate of drug-likeness (QED) is 0.613. The van der Waals surface area contributed by atoms with E-state index in [1.807, 2.05) is 0 Å². The molecule has 0 saturated carbocycles. The van der Waals surface area contributed by atoms with Crippen molar-refractivity contribution >= 4 is 17.3 Å².